The van der Waals surface area contributed by atoms with E-state index >= 15 is 0 Å². The van der Waals surface area contributed by atoms with Crippen LogP contribution in [-0.4, -0.2) is 9.97 Å². The Morgan fingerprint density at radius 3 is 2.88 bits per heavy atom. The molecule has 0 amide bonds. The van der Waals surface area contributed by atoms with Gasteiger partial charge in [0.25, 0.3) is 5.56 Å². The number of rotatable bonds is 5. The molecular formula is C11H18N4O. The highest BCUT2D eigenvalue weighted by atomic mass is 16.1. The van der Waals surface area contributed by atoms with Crippen molar-refractivity contribution < 1.29 is 0 Å². The number of H-pyrrole nitrogens is 1. The fourth-order valence-electron chi connectivity index (χ4n) is 1.54. The normalized spacial score (nSPS) is 12.3. The van der Waals surface area contributed by atoms with Crippen LogP contribution in [0.15, 0.2) is 17.4 Å². The van der Waals surface area contributed by atoms with Crippen LogP contribution in [0.3, 0.4) is 0 Å². The second-order valence-corrected chi connectivity index (χ2v) is 3.99. The van der Waals surface area contributed by atoms with Crippen molar-refractivity contribution in [3.63, 3.8) is 0 Å². The number of nitrogen functional groups attached to an aromatic ring is 2. The Kier molecular flexibility index (Phi) is 4.10. The molecule has 1 aromatic rings. The van der Waals surface area contributed by atoms with Gasteiger partial charge < -0.3 is 11.5 Å². The van der Waals surface area contributed by atoms with Gasteiger partial charge in [0.1, 0.15) is 5.69 Å². The molecule has 0 aliphatic carbocycles. The summed E-state index contributed by atoms with van der Waals surface area (Å²) < 4.78 is 0. The van der Waals surface area contributed by atoms with Crippen LogP contribution in [0.5, 0.6) is 0 Å². The quantitative estimate of drug-likeness (QED) is 0.649. The summed E-state index contributed by atoms with van der Waals surface area (Å²) in [6, 6.07) is 0. The van der Waals surface area contributed by atoms with Gasteiger partial charge in [0, 0.05) is 0 Å². The van der Waals surface area contributed by atoms with Gasteiger partial charge in [-0.1, -0.05) is 13.0 Å². The Labute approximate surface area is 94.6 Å². The van der Waals surface area contributed by atoms with E-state index in [0.717, 1.165) is 12.8 Å². The third-order valence-electron chi connectivity index (χ3n) is 2.46. The van der Waals surface area contributed by atoms with Crippen molar-refractivity contribution in [2.75, 3.05) is 11.5 Å². The number of anilines is 2. The predicted octanol–water partition coefficient (Wildman–Crippen LogP) is 1.08. The molecule has 1 aromatic heterocycles. The first-order valence-electron chi connectivity index (χ1n) is 5.29. The zero-order chi connectivity index (χ0) is 12.1. The van der Waals surface area contributed by atoms with Gasteiger partial charge >= 0.3 is 0 Å². The zero-order valence-electron chi connectivity index (χ0n) is 9.49. The lowest BCUT2D eigenvalue weighted by atomic mass is 9.99. The molecule has 0 aliphatic rings. The molecule has 0 fully saturated rings. The lowest BCUT2D eigenvalue weighted by Gasteiger charge is -2.11. The summed E-state index contributed by atoms with van der Waals surface area (Å²) >= 11 is 0. The Balaban J connectivity index is 2.80. The maximum atomic E-state index is 11.3. The van der Waals surface area contributed by atoms with E-state index in [9.17, 15) is 4.79 Å². The molecule has 5 nitrogen and oxygen atoms in total. The van der Waals surface area contributed by atoms with Gasteiger partial charge in [-0.2, -0.15) is 0 Å². The predicted molar refractivity (Wildman–Crippen MR) is 66.0 cm³/mol. The summed E-state index contributed by atoms with van der Waals surface area (Å²) in [5.74, 6) is 0.513. The van der Waals surface area contributed by atoms with Crippen molar-refractivity contribution in [2.24, 2.45) is 5.92 Å². The smallest absolute Gasteiger partial charge is 0.275 e. The summed E-state index contributed by atoms with van der Waals surface area (Å²) in [6.07, 6.45) is 4.48. The highest BCUT2D eigenvalue weighted by molar-refractivity contribution is 5.43. The Morgan fingerprint density at radius 1 is 1.56 bits per heavy atom. The molecule has 88 valence electrons. The molecule has 1 unspecified atom stereocenters. The third-order valence-corrected chi connectivity index (χ3v) is 2.46. The lowest BCUT2D eigenvalue weighted by molar-refractivity contribution is 0.530. The summed E-state index contributed by atoms with van der Waals surface area (Å²) in [6.45, 7) is 5.76. The van der Waals surface area contributed by atoms with Gasteiger partial charge in [-0.3, -0.25) is 9.78 Å². The fraction of sp³-hybridized carbons (Fsp3) is 0.455. The van der Waals surface area contributed by atoms with Crippen LogP contribution in [0, 0.1) is 5.92 Å². The average molecular weight is 222 g/mol. The van der Waals surface area contributed by atoms with E-state index in [2.05, 4.69) is 23.5 Å². The molecule has 5 N–H and O–H groups in total. The van der Waals surface area contributed by atoms with Gasteiger partial charge in [-0.25, -0.2) is 4.98 Å². The SMILES string of the molecule is C=CCCC(C)Cc1nc(N)[nH]c(=O)c1N. The van der Waals surface area contributed by atoms with E-state index in [-0.39, 0.29) is 17.2 Å². The van der Waals surface area contributed by atoms with Crippen molar-refractivity contribution in [1.29, 1.82) is 0 Å². The Bertz CT molecular complexity index is 424. The molecule has 5 heteroatoms. The van der Waals surface area contributed by atoms with Crippen LogP contribution >= 0.6 is 0 Å². The van der Waals surface area contributed by atoms with Crippen LogP contribution in [0.1, 0.15) is 25.5 Å². The monoisotopic (exact) mass is 222 g/mol. The molecule has 1 heterocycles. The molecule has 0 saturated heterocycles. The molecule has 0 aromatic carbocycles. The Hall–Kier alpha value is -1.78. The summed E-state index contributed by atoms with van der Waals surface area (Å²) in [5.41, 5.74) is 11.5. The maximum Gasteiger partial charge on any atom is 0.275 e. The van der Waals surface area contributed by atoms with Crippen molar-refractivity contribution in [2.45, 2.75) is 26.2 Å². The molecule has 1 rings (SSSR count). The van der Waals surface area contributed by atoms with E-state index < -0.39 is 0 Å². The molecule has 0 bridgehead atoms. The van der Waals surface area contributed by atoms with Gasteiger partial charge in [0.2, 0.25) is 5.95 Å². The van der Waals surface area contributed by atoms with Crippen LogP contribution in [0.2, 0.25) is 0 Å². The van der Waals surface area contributed by atoms with E-state index in [1.807, 2.05) is 6.08 Å². The number of aromatic nitrogens is 2. The van der Waals surface area contributed by atoms with Crippen molar-refractivity contribution in [3.05, 3.63) is 28.7 Å². The third kappa shape index (κ3) is 3.12. The second kappa shape index (κ2) is 5.34. The van der Waals surface area contributed by atoms with E-state index in [1.54, 1.807) is 0 Å². The first kappa shape index (κ1) is 12.3. The van der Waals surface area contributed by atoms with Gasteiger partial charge in [-0.05, 0) is 25.2 Å². The minimum absolute atomic E-state index is 0.116. The number of aromatic amines is 1. The number of hydrogen-bond donors (Lipinski definition) is 3. The fourth-order valence-corrected chi connectivity index (χ4v) is 1.54. The van der Waals surface area contributed by atoms with E-state index in [4.69, 9.17) is 11.5 Å². The highest BCUT2D eigenvalue weighted by Crippen LogP contribution is 2.15. The van der Waals surface area contributed by atoms with Gasteiger partial charge in [0.15, 0.2) is 0 Å². The number of nitrogens with one attached hydrogen (secondary N) is 1. The van der Waals surface area contributed by atoms with Gasteiger partial charge in [-0.15, -0.1) is 6.58 Å². The summed E-state index contributed by atoms with van der Waals surface area (Å²) in [7, 11) is 0. The number of hydrogen-bond acceptors (Lipinski definition) is 4. The molecule has 0 aliphatic heterocycles. The molecule has 16 heavy (non-hydrogen) atoms. The zero-order valence-corrected chi connectivity index (χ0v) is 9.49. The minimum atomic E-state index is -0.363. The largest absolute Gasteiger partial charge is 0.393 e. The standard InChI is InChI=1S/C11H18N4O/c1-3-4-5-7(2)6-8-9(12)10(16)15-11(13)14-8/h3,7H,1,4-6,12H2,2H3,(H3,13,14,15,16). The lowest BCUT2D eigenvalue weighted by Crippen LogP contribution is -2.19. The molecule has 1 atom stereocenters. The summed E-state index contributed by atoms with van der Waals surface area (Å²) in [5, 5.41) is 0. The molecule has 0 radical (unpaired) electrons. The van der Waals surface area contributed by atoms with Crippen LogP contribution in [-0.2, 0) is 6.42 Å². The average Bonchev–Trinajstić information content (AvgIpc) is 2.22. The van der Waals surface area contributed by atoms with Crippen LogP contribution in [0.4, 0.5) is 11.6 Å². The maximum absolute atomic E-state index is 11.3. The molecule has 0 spiro atoms. The van der Waals surface area contributed by atoms with Gasteiger partial charge in [0.05, 0.1) is 5.69 Å². The minimum Gasteiger partial charge on any atom is -0.393 e. The molecule has 0 saturated carbocycles. The first-order valence-corrected chi connectivity index (χ1v) is 5.29. The molecular weight excluding hydrogens is 204 g/mol. The van der Waals surface area contributed by atoms with Crippen LogP contribution in [0.25, 0.3) is 0 Å². The highest BCUT2D eigenvalue weighted by Gasteiger charge is 2.10. The number of nitrogens with zero attached hydrogens (tertiary/aromatic N) is 1. The first-order chi connectivity index (χ1) is 7.54. The van der Waals surface area contributed by atoms with E-state index in [0.29, 0.717) is 18.0 Å². The summed E-state index contributed by atoms with van der Waals surface area (Å²) in [4.78, 5) is 17.8. The second-order valence-electron chi connectivity index (χ2n) is 3.99. The number of allylic oxidation sites excluding steroid dienone is 1. The number of nitrogens with two attached hydrogens (primary N) is 2. The Morgan fingerprint density at radius 2 is 2.25 bits per heavy atom. The topological polar surface area (TPSA) is 97.8 Å². The van der Waals surface area contributed by atoms with Crippen molar-refractivity contribution in [1.82, 2.24) is 9.97 Å². The van der Waals surface area contributed by atoms with Crippen molar-refractivity contribution >= 4 is 11.6 Å². The van der Waals surface area contributed by atoms with Crippen LogP contribution < -0.4 is 17.0 Å². The van der Waals surface area contributed by atoms with Crippen molar-refractivity contribution in [3.8, 4) is 0 Å². The van der Waals surface area contributed by atoms with E-state index in [1.165, 1.54) is 0 Å².